The first kappa shape index (κ1) is 23.1. The third-order valence-electron chi connectivity index (χ3n) is 4.65. The highest BCUT2D eigenvalue weighted by atomic mass is 32.2. The summed E-state index contributed by atoms with van der Waals surface area (Å²) >= 11 is 1.31. The smallest absolute Gasteiger partial charge is 0.265 e. The van der Waals surface area contributed by atoms with Crippen molar-refractivity contribution in [2.75, 3.05) is 15.4 Å². The van der Waals surface area contributed by atoms with Gasteiger partial charge in [-0.2, -0.15) is 0 Å². The summed E-state index contributed by atoms with van der Waals surface area (Å²) in [5.41, 5.74) is 0.788. The molecule has 7 nitrogen and oxygen atoms in total. The minimum Gasteiger partial charge on any atom is -0.322 e. The van der Waals surface area contributed by atoms with E-state index in [2.05, 4.69) is 15.4 Å². The topological polar surface area (TPSA) is 104 Å². The van der Waals surface area contributed by atoms with E-state index < -0.39 is 21.7 Å². The van der Waals surface area contributed by atoms with Crippen LogP contribution in [0.15, 0.2) is 95.2 Å². The largest absolute Gasteiger partial charge is 0.322 e. The molecule has 1 aromatic heterocycles. The van der Waals surface area contributed by atoms with Gasteiger partial charge in [-0.15, -0.1) is 11.3 Å². The van der Waals surface area contributed by atoms with Crippen LogP contribution < -0.4 is 15.4 Å². The van der Waals surface area contributed by atoms with Crippen LogP contribution >= 0.6 is 11.3 Å². The molecule has 1 heterocycles. The molecule has 4 aromatic rings. The van der Waals surface area contributed by atoms with Crippen LogP contribution in [0.4, 0.5) is 21.5 Å². The van der Waals surface area contributed by atoms with Crippen molar-refractivity contribution in [2.24, 2.45) is 0 Å². The van der Waals surface area contributed by atoms with E-state index in [-0.39, 0.29) is 22.1 Å². The quantitative estimate of drug-likeness (QED) is 0.328. The van der Waals surface area contributed by atoms with Crippen LogP contribution in [0.25, 0.3) is 0 Å². The molecule has 0 unspecified atom stereocenters. The molecule has 0 aliphatic carbocycles. The average Bonchev–Trinajstić information content (AvgIpc) is 3.36. The Morgan fingerprint density at radius 3 is 2.18 bits per heavy atom. The minimum atomic E-state index is -4.12. The Balaban J connectivity index is 1.48. The zero-order valence-electron chi connectivity index (χ0n) is 17.5. The Labute approximate surface area is 199 Å². The van der Waals surface area contributed by atoms with Gasteiger partial charge >= 0.3 is 0 Å². The van der Waals surface area contributed by atoms with Crippen molar-refractivity contribution in [1.29, 1.82) is 0 Å². The van der Waals surface area contributed by atoms with Gasteiger partial charge < -0.3 is 10.6 Å². The van der Waals surface area contributed by atoms with Crippen molar-refractivity contribution in [2.45, 2.75) is 4.90 Å². The predicted octanol–water partition coefficient (Wildman–Crippen LogP) is 5.19. The number of thiophene rings is 1. The number of sulfonamides is 1. The number of amides is 2. The highest BCUT2D eigenvalue weighted by Gasteiger charge is 2.18. The summed E-state index contributed by atoms with van der Waals surface area (Å²) in [6, 6.07) is 20.8. The van der Waals surface area contributed by atoms with Crippen LogP contribution in [0, 0.1) is 5.82 Å². The maximum Gasteiger partial charge on any atom is 0.265 e. The molecule has 172 valence electrons. The summed E-state index contributed by atoms with van der Waals surface area (Å²) in [7, 11) is -4.12. The number of carbonyl (C=O) groups is 2. The molecule has 0 aliphatic heterocycles. The van der Waals surface area contributed by atoms with Crippen LogP contribution in [-0.4, -0.2) is 20.2 Å². The summed E-state index contributed by atoms with van der Waals surface area (Å²) in [6.07, 6.45) is 0. The third kappa shape index (κ3) is 5.48. The second kappa shape index (κ2) is 9.86. The van der Waals surface area contributed by atoms with E-state index in [0.717, 1.165) is 6.07 Å². The molecule has 3 aromatic carbocycles. The van der Waals surface area contributed by atoms with E-state index in [1.165, 1.54) is 53.8 Å². The van der Waals surface area contributed by atoms with Gasteiger partial charge in [-0.25, -0.2) is 12.8 Å². The number of anilines is 3. The maximum atomic E-state index is 13.9. The summed E-state index contributed by atoms with van der Waals surface area (Å²) in [4.78, 5) is 25.4. The number of carbonyl (C=O) groups excluding carboxylic acids is 2. The Morgan fingerprint density at radius 2 is 1.47 bits per heavy atom. The zero-order valence-corrected chi connectivity index (χ0v) is 19.1. The lowest BCUT2D eigenvalue weighted by molar-refractivity contribution is 0.102. The predicted molar refractivity (Wildman–Crippen MR) is 130 cm³/mol. The average molecular weight is 496 g/mol. The number of hydrogen-bond acceptors (Lipinski definition) is 5. The van der Waals surface area contributed by atoms with Gasteiger partial charge in [0.1, 0.15) is 5.82 Å². The lowest BCUT2D eigenvalue weighted by atomic mass is 10.2. The molecule has 0 bridgehead atoms. The van der Waals surface area contributed by atoms with Crippen LogP contribution in [0.5, 0.6) is 0 Å². The lowest BCUT2D eigenvalue weighted by Crippen LogP contribution is -2.16. The van der Waals surface area contributed by atoms with Crippen molar-refractivity contribution in [1.82, 2.24) is 0 Å². The van der Waals surface area contributed by atoms with E-state index in [9.17, 15) is 22.4 Å². The van der Waals surface area contributed by atoms with Gasteiger partial charge in [0.15, 0.2) is 0 Å². The van der Waals surface area contributed by atoms with Crippen LogP contribution in [0.3, 0.4) is 0 Å². The Kier molecular flexibility index (Phi) is 6.71. The van der Waals surface area contributed by atoms with Gasteiger partial charge in [-0.05, 0) is 60.0 Å². The fourth-order valence-electron chi connectivity index (χ4n) is 3.03. The number of halogens is 1. The van der Waals surface area contributed by atoms with Gasteiger partial charge in [0.2, 0.25) is 0 Å². The van der Waals surface area contributed by atoms with Gasteiger partial charge in [0, 0.05) is 16.9 Å². The number of hydrogen-bond donors (Lipinski definition) is 3. The molecule has 0 radical (unpaired) electrons. The van der Waals surface area contributed by atoms with E-state index in [1.54, 1.807) is 41.8 Å². The normalized spacial score (nSPS) is 11.0. The first-order valence-corrected chi connectivity index (χ1v) is 12.3. The van der Waals surface area contributed by atoms with Crippen molar-refractivity contribution >= 4 is 50.2 Å². The second-order valence-corrected chi connectivity index (χ2v) is 9.71. The lowest BCUT2D eigenvalue weighted by Gasteiger charge is -2.11. The number of rotatable bonds is 7. The summed E-state index contributed by atoms with van der Waals surface area (Å²) < 4.78 is 41.4. The molecule has 3 N–H and O–H groups in total. The van der Waals surface area contributed by atoms with Gasteiger partial charge in [0.05, 0.1) is 15.5 Å². The monoisotopic (exact) mass is 495 g/mol. The maximum absolute atomic E-state index is 13.9. The SMILES string of the molecule is O=C(Nc1cccc(NC(=O)c2cccs2)c1)c1cccc(S(=O)(=O)Nc2ccccc2F)c1. The molecular weight excluding hydrogens is 477 g/mol. The Bertz CT molecular complexity index is 1450. The highest BCUT2D eigenvalue weighted by molar-refractivity contribution is 7.92. The van der Waals surface area contributed by atoms with Gasteiger partial charge in [0.25, 0.3) is 21.8 Å². The van der Waals surface area contributed by atoms with Crippen LogP contribution in [-0.2, 0) is 10.0 Å². The summed E-state index contributed by atoms with van der Waals surface area (Å²) in [5, 5.41) is 7.24. The van der Waals surface area contributed by atoms with E-state index in [0.29, 0.717) is 16.3 Å². The first-order valence-electron chi connectivity index (χ1n) is 9.95. The molecule has 0 fully saturated rings. The molecule has 0 saturated heterocycles. The fraction of sp³-hybridized carbons (Fsp3) is 0. The fourth-order valence-corrected chi connectivity index (χ4v) is 4.76. The highest BCUT2D eigenvalue weighted by Crippen LogP contribution is 2.21. The first-order chi connectivity index (χ1) is 16.3. The number of nitrogens with one attached hydrogen (secondary N) is 3. The Hall–Kier alpha value is -4.02. The van der Waals surface area contributed by atoms with Gasteiger partial charge in [-0.3, -0.25) is 14.3 Å². The van der Waals surface area contributed by atoms with Crippen molar-refractivity contribution in [3.8, 4) is 0 Å². The second-order valence-electron chi connectivity index (χ2n) is 7.08. The third-order valence-corrected chi connectivity index (χ3v) is 6.88. The van der Waals surface area contributed by atoms with Crippen LogP contribution in [0.2, 0.25) is 0 Å². The van der Waals surface area contributed by atoms with E-state index in [4.69, 9.17) is 0 Å². The molecule has 4 rings (SSSR count). The molecule has 2 amide bonds. The van der Waals surface area contributed by atoms with Crippen molar-refractivity contribution in [3.63, 3.8) is 0 Å². The molecule has 0 saturated carbocycles. The molecule has 34 heavy (non-hydrogen) atoms. The molecule has 10 heteroatoms. The van der Waals surface area contributed by atoms with Crippen molar-refractivity contribution < 1.29 is 22.4 Å². The molecular formula is C24H18FN3O4S2. The Morgan fingerprint density at radius 1 is 0.765 bits per heavy atom. The number of para-hydroxylation sites is 1. The van der Waals surface area contributed by atoms with Crippen molar-refractivity contribution in [3.05, 3.63) is 107 Å². The molecule has 0 atom stereocenters. The van der Waals surface area contributed by atoms with E-state index >= 15 is 0 Å². The summed E-state index contributed by atoms with van der Waals surface area (Å²) in [6.45, 7) is 0. The summed E-state index contributed by atoms with van der Waals surface area (Å²) in [5.74, 6) is -1.53. The standard InChI is InChI=1S/C24H18FN3O4S2/c25-20-10-1-2-11-21(20)28-34(31,32)19-9-3-6-16(14-19)23(29)26-17-7-4-8-18(15-17)27-24(30)22-12-5-13-33-22/h1-15,28H,(H,26,29)(H,27,30). The minimum absolute atomic E-state index is 0.0874. The molecule has 0 spiro atoms. The van der Waals surface area contributed by atoms with E-state index in [1.807, 2.05) is 0 Å². The molecule has 0 aliphatic rings. The van der Waals surface area contributed by atoms with Crippen LogP contribution in [0.1, 0.15) is 20.0 Å². The van der Waals surface area contributed by atoms with Gasteiger partial charge in [-0.1, -0.05) is 30.3 Å². The number of benzene rings is 3. The zero-order chi connectivity index (χ0) is 24.1.